The number of amides is 2. The molecule has 1 aromatic heterocycles. The number of β-lactam (4-membered cyclic amide) rings is 1. The second-order valence-corrected chi connectivity index (χ2v) is 10.9. The van der Waals surface area contributed by atoms with Crippen molar-refractivity contribution in [2.45, 2.75) is 18.3 Å². The van der Waals surface area contributed by atoms with Crippen molar-refractivity contribution in [2.75, 3.05) is 18.6 Å². The number of fused-ring (bicyclic) bond motifs is 1. The van der Waals surface area contributed by atoms with Gasteiger partial charge in [-0.2, -0.15) is 0 Å². The van der Waals surface area contributed by atoms with Gasteiger partial charge in [0, 0.05) is 16.9 Å². The molecule has 12 nitrogen and oxygen atoms in total. The number of nitrogen functional groups attached to an aromatic ring is 1. The molecule has 1 aromatic rings. The van der Waals surface area contributed by atoms with Gasteiger partial charge in [0.2, 0.25) is 0 Å². The molecular formula is C17H18BrN7O5S3. The lowest BCUT2D eigenvalue weighted by molar-refractivity contribution is -0.150. The molecule has 1 saturated heterocycles. The van der Waals surface area contributed by atoms with Crippen molar-refractivity contribution >= 4 is 85.3 Å². The molecule has 0 aliphatic carbocycles. The van der Waals surface area contributed by atoms with Gasteiger partial charge in [0.05, 0.1) is 5.84 Å². The molecule has 3 heterocycles. The van der Waals surface area contributed by atoms with E-state index in [2.05, 4.69) is 36.4 Å². The zero-order chi connectivity index (χ0) is 24.3. The molecule has 2 atom stereocenters. The molecule has 2 aliphatic rings. The fraction of sp³-hybridized carbons (Fsp3) is 0.294. The van der Waals surface area contributed by atoms with Crippen LogP contribution in [0.25, 0.3) is 0 Å². The Morgan fingerprint density at radius 3 is 2.79 bits per heavy atom. The molecule has 0 spiro atoms. The van der Waals surface area contributed by atoms with Crippen LogP contribution >= 0.6 is 50.8 Å². The summed E-state index contributed by atoms with van der Waals surface area (Å²) >= 11 is 6.84. The van der Waals surface area contributed by atoms with Crippen molar-refractivity contribution < 1.29 is 24.3 Å². The molecule has 0 radical (unpaired) electrons. The van der Waals surface area contributed by atoms with Gasteiger partial charge in [-0.1, -0.05) is 28.3 Å². The van der Waals surface area contributed by atoms with Crippen LogP contribution in [0.5, 0.6) is 0 Å². The van der Waals surface area contributed by atoms with E-state index in [4.69, 9.17) is 16.3 Å². The van der Waals surface area contributed by atoms with Crippen molar-refractivity contribution in [1.82, 2.24) is 15.2 Å². The van der Waals surface area contributed by atoms with Crippen molar-refractivity contribution in [1.29, 1.82) is 0 Å². The number of rotatable bonds is 8. The van der Waals surface area contributed by atoms with E-state index in [1.807, 2.05) is 0 Å². The van der Waals surface area contributed by atoms with E-state index in [-0.39, 0.29) is 22.2 Å². The minimum Gasteiger partial charge on any atom is -0.477 e. The second-order valence-electron chi connectivity index (χ2n) is 6.41. The minimum atomic E-state index is -1.24. The number of hydrogen-bond donors (Lipinski definition) is 4. The average Bonchev–Trinajstić information content (AvgIpc) is 3.09. The molecule has 6 N–H and O–H groups in total. The normalized spacial score (nSPS) is 21.2. The van der Waals surface area contributed by atoms with Gasteiger partial charge in [-0.25, -0.2) is 14.8 Å². The highest BCUT2D eigenvalue weighted by molar-refractivity contribution is 9.11. The molecule has 0 bridgehead atoms. The molecule has 176 valence electrons. The fourth-order valence-electron chi connectivity index (χ4n) is 2.90. The molecule has 16 heteroatoms. The number of nitrogens with zero attached hydrogens (tertiary/aromatic N) is 4. The zero-order valence-electron chi connectivity index (χ0n) is 17.1. The van der Waals surface area contributed by atoms with Crippen LogP contribution in [-0.4, -0.2) is 68.6 Å². The third kappa shape index (κ3) is 5.34. The van der Waals surface area contributed by atoms with Gasteiger partial charge >= 0.3 is 5.97 Å². The molecule has 2 amide bonds. The Hall–Kier alpha value is -2.56. The Morgan fingerprint density at radius 1 is 1.48 bits per heavy atom. The zero-order valence-corrected chi connectivity index (χ0v) is 21.2. The maximum Gasteiger partial charge on any atom is 0.353 e. The number of carbonyl (C=O) groups is 3. The first-order valence-electron chi connectivity index (χ1n) is 9.02. The van der Waals surface area contributed by atoms with Gasteiger partial charge in [0.1, 0.15) is 33.7 Å². The van der Waals surface area contributed by atoms with Crippen LogP contribution in [0, 0.1) is 0 Å². The van der Waals surface area contributed by atoms with Gasteiger partial charge in [0.25, 0.3) is 11.8 Å². The third-order valence-electron chi connectivity index (χ3n) is 4.20. The molecule has 1 unspecified atom stereocenters. The number of anilines is 1. The summed E-state index contributed by atoms with van der Waals surface area (Å²) in [5.74, 6) is -1.81. The van der Waals surface area contributed by atoms with Crippen LogP contribution in [0.15, 0.2) is 36.1 Å². The van der Waals surface area contributed by atoms with Crippen LogP contribution in [0.3, 0.4) is 0 Å². The fourth-order valence-corrected chi connectivity index (χ4v) is 6.49. The Morgan fingerprint density at radius 2 is 2.21 bits per heavy atom. The largest absolute Gasteiger partial charge is 0.477 e. The standard InChI is InChI=1S/C17H18BrN7O5S3/c1-6(19)21-3-4-31-7-5-32-15-10(14(27)25(15)11(7)16(28)29)22-13(26)9(24-30-2)8-12(18)33-17(20)23-8/h3-4,10,15H,5H2,1-2H3,(H2,19,21)(H2,20,23)(H,22,26)(H,28,29)/b4-3-,24-9-/t10?,15-/m1/s1. The van der Waals surface area contributed by atoms with Gasteiger partial charge in [-0.3, -0.25) is 14.5 Å². The predicted octanol–water partition coefficient (Wildman–Crippen LogP) is 1.12. The van der Waals surface area contributed by atoms with Gasteiger partial charge in [0.15, 0.2) is 10.8 Å². The first-order chi connectivity index (χ1) is 15.6. The van der Waals surface area contributed by atoms with E-state index in [0.717, 1.165) is 23.1 Å². The number of nitrogens with two attached hydrogens (primary N) is 2. The van der Waals surface area contributed by atoms with E-state index in [9.17, 15) is 19.5 Å². The number of amidine groups is 1. The summed E-state index contributed by atoms with van der Waals surface area (Å²) in [6.07, 6.45) is 1.45. The van der Waals surface area contributed by atoms with Crippen LogP contribution in [0.1, 0.15) is 12.6 Å². The summed E-state index contributed by atoms with van der Waals surface area (Å²) in [5, 5.41) is 17.2. The second kappa shape index (κ2) is 10.6. The number of aliphatic carboxylic acids is 1. The average molecular weight is 576 g/mol. The van der Waals surface area contributed by atoms with Gasteiger partial charge in [-0.15, -0.1) is 11.8 Å². The maximum atomic E-state index is 12.9. The first-order valence-corrected chi connectivity index (χ1v) is 12.6. The molecule has 3 rings (SSSR count). The highest BCUT2D eigenvalue weighted by Crippen LogP contribution is 2.43. The number of aromatic nitrogens is 1. The molecular weight excluding hydrogens is 558 g/mol. The number of carboxylic acid groups (broad SMARTS) is 1. The topological polar surface area (TPSA) is 186 Å². The lowest BCUT2D eigenvalue weighted by atomic mass is 10.0. The van der Waals surface area contributed by atoms with Crippen LogP contribution in [-0.2, 0) is 19.2 Å². The Bertz CT molecular complexity index is 1110. The Balaban J connectivity index is 1.78. The summed E-state index contributed by atoms with van der Waals surface area (Å²) in [6, 6.07) is -0.944. The maximum absolute atomic E-state index is 12.9. The van der Waals surface area contributed by atoms with Crippen LogP contribution in [0.4, 0.5) is 5.13 Å². The van der Waals surface area contributed by atoms with E-state index in [1.54, 1.807) is 12.3 Å². The Kier molecular flexibility index (Phi) is 8.04. The number of oxime groups is 1. The smallest absolute Gasteiger partial charge is 0.353 e. The summed E-state index contributed by atoms with van der Waals surface area (Å²) < 4.78 is 0.472. The van der Waals surface area contributed by atoms with E-state index >= 15 is 0 Å². The minimum absolute atomic E-state index is 0.127. The van der Waals surface area contributed by atoms with Gasteiger partial charge in [-0.05, 0) is 28.3 Å². The number of carbonyl (C=O) groups excluding carboxylic acids is 2. The van der Waals surface area contributed by atoms with Crippen molar-refractivity contribution in [3.8, 4) is 0 Å². The molecule has 0 aromatic carbocycles. The number of carboxylic acids is 1. The summed E-state index contributed by atoms with van der Waals surface area (Å²) in [4.78, 5) is 51.9. The quantitative estimate of drug-likeness (QED) is 0.151. The lowest BCUT2D eigenvalue weighted by Crippen LogP contribution is -2.71. The summed E-state index contributed by atoms with van der Waals surface area (Å²) in [7, 11) is 1.27. The number of thiazole rings is 1. The molecule has 0 saturated carbocycles. The lowest BCUT2D eigenvalue weighted by Gasteiger charge is -2.49. The van der Waals surface area contributed by atoms with Crippen LogP contribution in [0.2, 0.25) is 0 Å². The first kappa shape index (κ1) is 25.1. The number of thioether (sulfide) groups is 2. The Labute approximate surface area is 208 Å². The monoisotopic (exact) mass is 575 g/mol. The van der Waals surface area contributed by atoms with E-state index in [1.165, 1.54) is 30.0 Å². The van der Waals surface area contributed by atoms with Gasteiger partial charge < -0.3 is 26.7 Å². The van der Waals surface area contributed by atoms with E-state index in [0.29, 0.717) is 20.3 Å². The summed E-state index contributed by atoms with van der Waals surface area (Å²) in [6.45, 7) is 1.62. The van der Waals surface area contributed by atoms with Crippen molar-refractivity contribution in [3.63, 3.8) is 0 Å². The number of aliphatic imine (C=N–C) groups is 1. The van der Waals surface area contributed by atoms with Crippen molar-refractivity contribution in [3.05, 3.63) is 31.7 Å². The van der Waals surface area contributed by atoms with E-state index < -0.39 is 29.2 Å². The molecule has 33 heavy (non-hydrogen) atoms. The summed E-state index contributed by atoms with van der Waals surface area (Å²) in [5.41, 5.74) is 11.0. The number of nitrogens with one attached hydrogen (secondary N) is 1. The highest BCUT2D eigenvalue weighted by Gasteiger charge is 2.54. The highest BCUT2D eigenvalue weighted by atomic mass is 79.9. The number of hydrogen-bond acceptors (Lipinski definition) is 11. The predicted molar refractivity (Wildman–Crippen MR) is 131 cm³/mol. The number of halogens is 1. The third-order valence-corrected chi connectivity index (χ3v) is 8.07. The van der Waals surface area contributed by atoms with Crippen LogP contribution < -0.4 is 16.8 Å². The van der Waals surface area contributed by atoms with Crippen molar-refractivity contribution in [2.24, 2.45) is 15.9 Å². The molecule has 2 aliphatic heterocycles. The molecule has 1 fully saturated rings. The SMILES string of the molecule is CO/N=C(\C(=O)NC1C(=O)N2C(C(=O)O)=C(S/C=C\N=C(C)N)CS[C@H]12)c1nc(N)sc1Br.